The molecule has 0 aliphatic heterocycles. The van der Waals surface area contributed by atoms with Gasteiger partial charge in [-0.2, -0.15) is 0 Å². The Morgan fingerprint density at radius 2 is 2.29 bits per heavy atom. The van der Waals surface area contributed by atoms with E-state index in [9.17, 15) is 9.59 Å². The number of aryl methyl sites for hydroxylation is 1. The molecule has 2 unspecified atom stereocenters. The number of amides is 1. The van der Waals surface area contributed by atoms with Gasteiger partial charge in [-0.15, -0.1) is 0 Å². The molecule has 2 rings (SSSR count). The van der Waals surface area contributed by atoms with E-state index in [1.54, 1.807) is 6.92 Å². The number of rotatable bonds is 3. The summed E-state index contributed by atoms with van der Waals surface area (Å²) >= 11 is 0. The minimum atomic E-state index is -0.852. The highest BCUT2D eigenvalue weighted by molar-refractivity contribution is 5.95. The lowest BCUT2D eigenvalue weighted by molar-refractivity contribution is -0.142. The van der Waals surface area contributed by atoms with Crippen molar-refractivity contribution in [3.8, 4) is 0 Å². The fourth-order valence-electron chi connectivity index (χ4n) is 2.19. The quantitative estimate of drug-likeness (QED) is 0.818. The van der Waals surface area contributed by atoms with Gasteiger partial charge in [-0.1, -0.05) is 11.6 Å². The zero-order valence-electron chi connectivity index (χ0n) is 9.47. The number of aliphatic carboxylic acids is 1. The summed E-state index contributed by atoms with van der Waals surface area (Å²) in [5, 5.41) is 15.3. The third-order valence-corrected chi connectivity index (χ3v) is 3.15. The monoisotopic (exact) mass is 238 g/mol. The number of carbonyl (C=O) groups excluding carboxylic acids is 1. The molecular formula is C11H14N2O4. The fourth-order valence-corrected chi connectivity index (χ4v) is 2.19. The summed E-state index contributed by atoms with van der Waals surface area (Å²) in [6.07, 6.45) is 3.48. The standard InChI is InChI=1S/C11H14N2O4/c1-6-8(5-12-17-6)10(14)13-9-4-2-3-7(9)11(15)16/h5,7,9H,2-4H2,1H3,(H,13,14)(H,15,16). The molecule has 0 spiro atoms. The van der Waals surface area contributed by atoms with Crippen LogP contribution in [-0.2, 0) is 4.79 Å². The second kappa shape index (κ2) is 4.57. The maximum absolute atomic E-state index is 11.8. The van der Waals surface area contributed by atoms with Crippen LogP contribution in [-0.4, -0.2) is 28.2 Å². The Morgan fingerprint density at radius 1 is 1.53 bits per heavy atom. The summed E-state index contributed by atoms with van der Waals surface area (Å²) in [5.41, 5.74) is 0.362. The molecule has 17 heavy (non-hydrogen) atoms. The van der Waals surface area contributed by atoms with Crippen LogP contribution < -0.4 is 5.32 Å². The molecule has 0 bridgehead atoms. The van der Waals surface area contributed by atoms with Gasteiger partial charge in [-0.05, 0) is 19.8 Å². The Hall–Kier alpha value is -1.85. The van der Waals surface area contributed by atoms with Crippen LogP contribution in [0.2, 0.25) is 0 Å². The minimum absolute atomic E-state index is 0.297. The summed E-state index contributed by atoms with van der Waals surface area (Å²) in [6, 6.07) is -0.297. The summed E-state index contributed by atoms with van der Waals surface area (Å²) in [6.45, 7) is 1.64. The summed E-state index contributed by atoms with van der Waals surface area (Å²) in [7, 11) is 0. The van der Waals surface area contributed by atoms with Gasteiger partial charge >= 0.3 is 5.97 Å². The van der Waals surface area contributed by atoms with Gasteiger partial charge in [0.2, 0.25) is 0 Å². The number of carbonyl (C=O) groups is 2. The van der Waals surface area contributed by atoms with Crippen LogP contribution in [0.1, 0.15) is 35.4 Å². The average Bonchev–Trinajstić information content (AvgIpc) is 2.86. The summed E-state index contributed by atoms with van der Waals surface area (Å²) in [4.78, 5) is 22.8. The van der Waals surface area contributed by atoms with E-state index in [-0.39, 0.29) is 11.9 Å². The van der Waals surface area contributed by atoms with Gasteiger partial charge < -0.3 is 14.9 Å². The lowest BCUT2D eigenvalue weighted by Gasteiger charge is -2.16. The molecule has 1 saturated carbocycles. The molecule has 1 heterocycles. The van der Waals surface area contributed by atoms with Gasteiger partial charge in [-0.25, -0.2) is 0 Å². The molecule has 2 atom stereocenters. The molecule has 2 N–H and O–H groups in total. The highest BCUT2D eigenvalue weighted by Crippen LogP contribution is 2.26. The summed E-state index contributed by atoms with van der Waals surface area (Å²) < 4.78 is 4.80. The van der Waals surface area contributed by atoms with Crippen LogP contribution >= 0.6 is 0 Å². The van der Waals surface area contributed by atoms with Gasteiger partial charge in [0.15, 0.2) is 0 Å². The number of hydrogen-bond donors (Lipinski definition) is 2. The lowest BCUT2D eigenvalue weighted by atomic mass is 10.0. The lowest BCUT2D eigenvalue weighted by Crippen LogP contribution is -2.40. The Bertz CT molecular complexity index is 440. The van der Waals surface area contributed by atoms with Gasteiger partial charge in [0.05, 0.1) is 12.1 Å². The van der Waals surface area contributed by atoms with Gasteiger partial charge in [0.1, 0.15) is 11.3 Å². The first-order valence-corrected chi connectivity index (χ1v) is 5.54. The van der Waals surface area contributed by atoms with E-state index in [0.717, 1.165) is 6.42 Å². The number of nitrogens with one attached hydrogen (secondary N) is 1. The first-order chi connectivity index (χ1) is 8.09. The normalized spacial score (nSPS) is 23.6. The molecule has 1 aliphatic carbocycles. The van der Waals surface area contributed by atoms with Crippen LogP contribution in [0.25, 0.3) is 0 Å². The minimum Gasteiger partial charge on any atom is -0.481 e. The van der Waals surface area contributed by atoms with Crippen molar-refractivity contribution in [2.75, 3.05) is 0 Å². The van der Waals surface area contributed by atoms with Crippen molar-refractivity contribution >= 4 is 11.9 Å². The Morgan fingerprint density at radius 3 is 2.88 bits per heavy atom. The summed E-state index contributed by atoms with van der Waals surface area (Å²) in [5.74, 6) is -1.22. The Labute approximate surface area is 98.0 Å². The molecular weight excluding hydrogens is 224 g/mol. The van der Waals surface area contributed by atoms with E-state index >= 15 is 0 Å². The molecule has 1 amide bonds. The number of nitrogens with zero attached hydrogens (tertiary/aromatic N) is 1. The van der Waals surface area contributed by atoms with E-state index in [4.69, 9.17) is 9.63 Å². The van der Waals surface area contributed by atoms with E-state index in [1.807, 2.05) is 0 Å². The first kappa shape index (κ1) is 11.6. The highest BCUT2D eigenvalue weighted by Gasteiger charge is 2.34. The molecule has 92 valence electrons. The SMILES string of the molecule is Cc1oncc1C(=O)NC1CCCC1C(=O)O. The van der Waals surface area contributed by atoms with Crippen molar-refractivity contribution in [3.05, 3.63) is 17.5 Å². The highest BCUT2D eigenvalue weighted by atomic mass is 16.5. The molecule has 0 radical (unpaired) electrons. The Kier molecular flexibility index (Phi) is 3.12. The second-order valence-corrected chi connectivity index (χ2v) is 4.25. The van der Waals surface area contributed by atoms with Gasteiger partial charge in [0, 0.05) is 6.04 Å². The Balaban J connectivity index is 2.04. The van der Waals surface area contributed by atoms with Gasteiger partial charge in [0.25, 0.3) is 5.91 Å². The van der Waals surface area contributed by atoms with Crippen LogP contribution in [0.15, 0.2) is 10.7 Å². The first-order valence-electron chi connectivity index (χ1n) is 5.54. The smallest absolute Gasteiger partial charge is 0.308 e. The maximum Gasteiger partial charge on any atom is 0.308 e. The molecule has 1 aromatic rings. The molecule has 0 saturated heterocycles. The topological polar surface area (TPSA) is 92.4 Å². The van der Waals surface area contributed by atoms with Crippen LogP contribution in [0.4, 0.5) is 0 Å². The average molecular weight is 238 g/mol. The number of hydrogen-bond acceptors (Lipinski definition) is 4. The van der Waals surface area contributed by atoms with E-state index in [1.165, 1.54) is 6.20 Å². The van der Waals surface area contributed by atoms with Crippen molar-refractivity contribution in [3.63, 3.8) is 0 Å². The van der Waals surface area contributed by atoms with Crippen molar-refractivity contribution in [2.24, 2.45) is 5.92 Å². The molecule has 1 aliphatic rings. The van der Waals surface area contributed by atoms with Crippen molar-refractivity contribution in [1.82, 2.24) is 10.5 Å². The van der Waals surface area contributed by atoms with Gasteiger partial charge in [-0.3, -0.25) is 9.59 Å². The third kappa shape index (κ3) is 2.30. The second-order valence-electron chi connectivity index (χ2n) is 4.25. The predicted octanol–water partition coefficient (Wildman–Crippen LogP) is 0.966. The number of carboxylic acid groups (broad SMARTS) is 1. The van der Waals surface area contributed by atoms with E-state index < -0.39 is 11.9 Å². The zero-order valence-corrected chi connectivity index (χ0v) is 9.47. The number of aromatic nitrogens is 1. The van der Waals surface area contributed by atoms with Crippen LogP contribution in [0.5, 0.6) is 0 Å². The van der Waals surface area contributed by atoms with Crippen molar-refractivity contribution in [2.45, 2.75) is 32.2 Å². The largest absolute Gasteiger partial charge is 0.481 e. The van der Waals surface area contributed by atoms with Crippen LogP contribution in [0, 0.1) is 12.8 Å². The maximum atomic E-state index is 11.8. The van der Waals surface area contributed by atoms with E-state index in [0.29, 0.717) is 24.2 Å². The van der Waals surface area contributed by atoms with E-state index in [2.05, 4.69) is 10.5 Å². The molecule has 6 heteroatoms. The van der Waals surface area contributed by atoms with Crippen molar-refractivity contribution in [1.29, 1.82) is 0 Å². The van der Waals surface area contributed by atoms with Crippen LogP contribution in [0.3, 0.4) is 0 Å². The fraction of sp³-hybridized carbons (Fsp3) is 0.545. The molecule has 1 aromatic heterocycles. The number of carboxylic acids is 1. The zero-order chi connectivity index (χ0) is 12.4. The molecule has 1 fully saturated rings. The van der Waals surface area contributed by atoms with Crippen molar-refractivity contribution < 1.29 is 19.2 Å². The molecule has 6 nitrogen and oxygen atoms in total. The molecule has 0 aromatic carbocycles. The predicted molar refractivity (Wildman–Crippen MR) is 57.5 cm³/mol. The third-order valence-electron chi connectivity index (χ3n) is 3.15.